The Bertz CT molecular complexity index is 929. The molecule has 0 amide bonds. The molecule has 0 aliphatic rings. The zero-order chi connectivity index (χ0) is 15.1. The minimum Gasteiger partial charge on any atom is -0.407 e. The van der Waals surface area contributed by atoms with Crippen LogP contribution in [0.5, 0.6) is 0 Å². The fourth-order valence-electron chi connectivity index (χ4n) is 2.41. The number of nitrogens with one attached hydrogen (secondary N) is 1. The summed E-state index contributed by atoms with van der Waals surface area (Å²) in [5, 5.41) is 0.611. The molecule has 0 saturated carbocycles. The summed E-state index contributed by atoms with van der Waals surface area (Å²) in [5.41, 5.74) is 2.79. The average molecular weight is 305 g/mol. The molecule has 0 unspecified atom stereocenters. The molecule has 21 heavy (non-hydrogen) atoms. The molecule has 108 valence electrons. The van der Waals surface area contributed by atoms with Gasteiger partial charge in [0.25, 0.3) is 5.56 Å². The van der Waals surface area contributed by atoms with Gasteiger partial charge in [0.2, 0.25) is 0 Å². The predicted molar refractivity (Wildman–Crippen MR) is 81.1 cm³/mol. The van der Waals surface area contributed by atoms with Crippen LogP contribution in [0.3, 0.4) is 0 Å². The third-order valence-corrected chi connectivity index (χ3v) is 3.87. The maximum atomic E-state index is 12.4. The van der Waals surface area contributed by atoms with E-state index >= 15 is 0 Å². The normalized spacial score (nSPS) is 11.2. The monoisotopic (exact) mass is 304 g/mol. The van der Waals surface area contributed by atoms with E-state index in [4.69, 9.17) is 16.0 Å². The lowest BCUT2D eigenvalue weighted by atomic mass is 10.1. The fourth-order valence-corrected chi connectivity index (χ4v) is 2.69. The van der Waals surface area contributed by atoms with E-state index < -0.39 is 5.76 Å². The van der Waals surface area contributed by atoms with Gasteiger partial charge >= 0.3 is 5.76 Å². The lowest BCUT2D eigenvalue weighted by Gasteiger charge is -2.11. The second kappa shape index (κ2) is 4.93. The van der Waals surface area contributed by atoms with Crippen LogP contribution in [0, 0.1) is 13.8 Å². The Morgan fingerprint density at radius 1 is 1.24 bits per heavy atom. The van der Waals surface area contributed by atoms with Crippen molar-refractivity contribution in [2.75, 3.05) is 0 Å². The zero-order valence-corrected chi connectivity index (χ0v) is 12.3. The van der Waals surface area contributed by atoms with Crippen LogP contribution in [-0.2, 0) is 6.54 Å². The average Bonchev–Trinajstić information content (AvgIpc) is 2.82. The van der Waals surface area contributed by atoms with Gasteiger partial charge in [0.15, 0.2) is 11.1 Å². The number of halogens is 1. The molecule has 0 aliphatic carbocycles. The Kier molecular flexibility index (Phi) is 3.22. The topological polar surface area (TPSA) is 68.0 Å². The van der Waals surface area contributed by atoms with Gasteiger partial charge in [-0.15, -0.1) is 0 Å². The molecule has 1 aromatic carbocycles. The van der Waals surface area contributed by atoms with Gasteiger partial charge in [-0.05, 0) is 31.0 Å². The van der Waals surface area contributed by atoms with E-state index in [1.54, 1.807) is 19.2 Å². The van der Waals surface area contributed by atoms with Crippen LogP contribution in [0.25, 0.3) is 11.1 Å². The summed E-state index contributed by atoms with van der Waals surface area (Å²) in [6.07, 6.45) is 1.67. The van der Waals surface area contributed by atoms with Crippen molar-refractivity contribution in [3.63, 3.8) is 0 Å². The van der Waals surface area contributed by atoms with Gasteiger partial charge in [-0.25, -0.2) is 4.79 Å². The third kappa shape index (κ3) is 2.29. The number of pyridine rings is 1. The summed E-state index contributed by atoms with van der Waals surface area (Å²) in [6, 6.07) is 5.60. The van der Waals surface area contributed by atoms with Crippen LogP contribution in [0.4, 0.5) is 0 Å². The van der Waals surface area contributed by atoms with Gasteiger partial charge < -0.3 is 8.98 Å². The lowest BCUT2D eigenvalue weighted by molar-refractivity contribution is 0.552. The summed E-state index contributed by atoms with van der Waals surface area (Å²) in [4.78, 5) is 26.1. The molecule has 0 aliphatic heterocycles. The quantitative estimate of drug-likeness (QED) is 0.791. The van der Waals surface area contributed by atoms with Crippen molar-refractivity contribution in [2.24, 2.45) is 0 Å². The van der Waals surface area contributed by atoms with Crippen molar-refractivity contribution >= 4 is 22.7 Å². The van der Waals surface area contributed by atoms with Crippen molar-refractivity contribution in [3.8, 4) is 0 Å². The highest BCUT2D eigenvalue weighted by Gasteiger charge is 2.13. The molecule has 0 atom stereocenters. The summed E-state index contributed by atoms with van der Waals surface area (Å²) < 4.78 is 6.51. The summed E-state index contributed by atoms with van der Waals surface area (Å²) in [7, 11) is 0. The van der Waals surface area contributed by atoms with Gasteiger partial charge in [0, 0.05) is 16.8 Å². The fraction of sp³-hybridized carbons (Fsp3) is 0.200. The molecule has 0 saturated heterocycles. The van der Waals surface area contributed by atoms with E-state index in [0.717, 1.165) is 11.1 Å². The van der Waals surface area contributed by atoms with E-state index in [1.807, 2.05) is 19.1 Å². The molecule has 5 nitrogen and oxygen atoms in total. The number of aromatic nitrogens is 2. The lowest BCUT2D eigenvalue weighted by Crippen LogP contribution is -2.22. The van der Waals surface area contributed by atoms with Crippen LogP contribution in [0.15, 0.2) is 38.4 Å². The van der Waals surface area contributed by atoms with Crippen LogP contribution in [-0.4, -0.2) is 9.55 Å². The molecule has 2 heterocycles. The van der Waals surface area contributed by atoms with Crippen LogP contribution < -0.4 is 11.3 Å². The second-order valence-electron chi connectivity index (χ2n) is 5.00. The third-order valence-electron chi connectivity index (χ3n) is 3.51. The molecule has 0 spiro atoms. The maximum absolute atomic E-state index is 12.4. The standard InChI is InChI=1S/C15H13ClN2O3/c1-8-4-3-5-11(16)10(8)7-18-6-9(2)13-12(14(18)19)17-15(20)21-13/h3-6H,7H2,1-2H3,(H,17,20). The van der Waals surface area contributed by atoms with Crippen LogP contribution >= 0.6 is 11.6 Å². The summed E-state index contributed by atoms with van der Waals surface area (Å²) in [5.74, 6) is -0.628. The smallest absolute Gasteiger partial charge is 0.407 e. The van der Waals surface area contributed by atoms with E-state index in [-0.39, 0.29) is 11.1 Å². The molecule has 3 aromatic rings. The first-order chi connectivity index (χ1) is 9.97. The zero-order valence-electron chi connectivity index (χ0n) is 11.6. The van der Waals surface area contributed by atoms with Gasteiger partial charge in [-0.3, -0.25) is 9.78 Å². The number of aromatic amines is 1. The number of benzene rings is 1. The molecule has 1 N–H and O–H groups in total. The maximum Gasteiger partial charge on any atom is 0.417 e. The highest BCUT2D eigenvalue weighted by molar-refractivity contribution is 6.31. The highest BCUT2D eigenvalue weighted by atomic mass is 35.5. The number of nitrogens with zero attached hydrogens (tertiary/aromatic N) is 1. The Morgan fingerprint density at radius 2 is 2.00 bits per heavy atom. The molecular formula is C15H13ClN2O3. The van der Waals surface area contributed by atoms with Crippen molar-refractivity contribution in [3.05, 3.63) is 67.0 Å². The molecule has 2 aromatic heterocycles. The van der Waals surface area contributed by atoms with Crippen LogP contribution in [0.2, 0.25) is 5.02 Å². The number of rotatable bonds is 2. The number of aryl methyl sites for hydroxylation is 2. The second-order valence-corrected chi connectivity index (χ2v) is 5.41. The SMILES string of the molecule is Cc1cccc(Cl)c1Cn1cc(C)c2oc(=O)[nH]c2c1=O. The Hall–Kier alpha value is -2.27. The minimum atomic E-state index is -0.628. The van der Waals surface area contributed by atoms with E-state index in [0.29, 0.717) is 22.7 Å². The molecule has 3 rings (SSSR count). The summed E-state index contributed by atoms with van der Waals surface area (Å²) in [6.45, 7) is 4.07. The Balaban J connectivity index is 2.20. The number of fused-ring (bicyclic) bond motifs is 1. The summed E-state index contributed by atoms with van der Waals surface area (Å²) >= 11 is 6.20. The first-order valence-electron chi connectivity index (χ1n) is 6.44. The van der Waals surface area contributed by atoms with Gasteiger partial charge in [0.1, 0.15) is 0 Å². The van der Waals surface area contributed by atoms with Gasteiger partial charge in [-0.1, -0.05) is 23.7 Å². The van der Waals surface area contributed by atoms with Crippen LogP contribution in [0.1, 0.15) is 16.7 Å². The largest absolute Gasteiger partial charge is 0.417 e. The van der Waals surface area contributed by atoms with E-state index in [9.17, 15) is 9.59 Å². The highest BCUT2D eigenvalue weighted by Crippen LogP contribution is 2.21. The van der Waals surface area contributed by atoms with Crippen molar-refractivity contribution in [1.29, 1.82) is 0 Å². The molecule has 6 heteroatoms. The van der Waals surface area contributed by atoms with Crippen molar-refractivity contribution < 1.29 is 4.42 Å². The van der Waals surface area contributed by atoms with Gasteiger partial charge in [0.05, 0.1) is 6.54 Å². The van der Waals surface area contributed by atoms with E-state index in [1.165, 1.54) is 4.57 Å². The van der Waals surface area contributed by atoms with E-state index in [2.05, 4.69) is 4.98 Å². The first-order valence-corrected chi connectivity index (χ1v) is 6.82. The van der Waals surface area contributed by atoms with Gasteiger partial charge in [-0.2, -0.15) is 0 Å². The molecule has 0 bridgehead atoms. The number of H-pyrrole nitrogens is 1. The van der Waals surface area contributed by atoms with Crippen molar-refractivity contribution in [1.82, 2.24) is 9.55 Å². The Labute approximate surface area is 124 Å². The number of oxazole rings is 1. The Morgan fingerprint density at radius 3 is 2.71 bits per heavy atom. The molecule has 0 fully saturated rings. The number of hydrogen-bond donors (Lipinski definition) is 1. The number of hydrogen-bond acceptors (Lipinski definition) is 3. The van der Waals surface area contributed by atoms with Crippen molar-refractivity contribution in [2.45, 2.75) is 20.4 Å². The minimum absolute atomic E-state index is 0.185. The first kappa shape index (κ1) is 13.7. The predicted octanol–water partition coefficient (Wildman–Crippen LogP) is 2.60. The molecule has 0 radical (unpaired) electrons. The molecular weight excluding hydrogens is 292 g/mol.